The van der Waals surface area contributed by atoms with Gasteiger partial charge in [-0.1, -0.05) is 18.2 Å². The zero-order chi connectivity index (χ0) is 14.5. The molecule has 0 atom stereocenters. The molecule has 1 aromatic carbocycles. The Morgan fingerprint density at radius 2 is 1.39 bits per heavy atom. The first-order chi connectivity index (χ1) is 10.3. The lowest BCUT2D eigenvalue weighted by atomic mass is 10.1. The van der Waals surface area contributed by atoms with E-state index in [4.69, 9.17) is 0 Å². The molecule has 128 valence electrons. The van der Waals surface area contributed by atoms with Crippen LogP contribution in [0.5, 0.6) is 0 Å². The second-order valence-electron chi connectivity index (χ2n) is 4.83. The molecule has 2 aliphatic heterocycles. The van der Waals surface area contributed by atoms with Gasteiger partial charge in [0.05, 0.1) is 0 Å². The first-order valence-electron chi connectivity index (χ1n) is 7.04. The van der Waals surface area contributed by atoms with E-state index in [1.807, 2.05) is 18.2 Å². The van der Waals surface area contributed by atoms with E-state index in [1.165, 1.54) is 0 Å². The molecule has 4 N–H and O–H groups in total. The van der Waals surface area contributed by atoms with Crippen LogP contribution in [0.1, 0.15) is 11.1 Å². The minimum Gasteiger partial charge on any atom is -1.00 e. The fourth-order valence-corrected chi connectivity index (χ4v) is 4.05. The fourth-order valence-electron chi connectivity index (χ4n) is 2.19. The molecule has 2 aliphatic rings. The molecule has 0 saturated carbocycles. The number of halogens is 3. The maximum atomic E-state index is 14.5. The van der Waals surface area contributed by atoms with Crippen LogP contribution in [0.4, 0.5) is 4.39 Å². The second kappa shape index (κ2) is 10.6. The Morgan fingerprint density at radius 3 is 1.78 bits per heavy atom. The van der Waals surface area contributed by atoms with Gasteiger partial charge in [0.25, 0.3) is 0 Å². The molecular formula is C14H19Br2FN4S2. The maximum absolute atomic E-state index is 14.5. The predicted octanol–water partition coefficient (Wildman–Crippen LogP) is -7.62. The zero-order valence-corrected chi connectivity index (χ0v) is 17.2. The van der Waals surface area contributed by atoms with Crippen LogP contribution in [0, 0.1) is 5.82 Å². The first-order valence-corrected chi connectivity index (χ1v) is 9.01. The quantitative estimate of drug-likeness (QED) is 0.342. The molecule has 0 saturated heterocycles. The smallest absolute Gasteiger partial charge is 0.304 e. The van der Waals surface area contributed by atoms with Crippen LogP contribution < -0.4 is 54.6 Å². The molecule has 4 nitrogen and oxygen atoms in total. The summed E-state index contributed by atoms with van der Waals surface area (Å²) in [4.78, 5) is 6.49. The molecule has 0 aliphatic carbocycles. The van der Waals surface area contributed by atoms with Crippen molar-refractivity contribution >= 4 is 33.9 Å². The predicted molar refractivity (Wildman–Crippen MR) is 86.7 cm³/mol. The highest BCUT2D eigenvalue weighted by molar-refractivity contribution is 8.13. The highest BCUT2D eigenvalue weighted by Gasteiger charge is 2.17. The highest BCUT2D eigenvalue weighted by Crippen LogP contribution is 2.22. The second-order valence-corrected chi connectivity index (χ2v) is 6.80. The average Bonchev–Trinajstić information content (AvgIpc) is 3.18. The largest absolute Gasteiger partial charge is 1.00 e. The number of nitrogens with one attached hydrogen (secondary N) is 4. The fraction of sp³-hybridized carbons (Fsp3) is 0.429. The molecule has 0 spiro atoms. The SMILES string of the molecule is Fc1c(CSC2=[NH+]CCN2)cccc1CSC1=[NH+]CCN1.[Br-].[Br-]. The van der Waals surface area contributed by atoms with E-state index in [1.54, 1.807) is 23.5 Å². The maximum Gasteiger partial charge on any atom is 0.304 e. The van der Waals surface area contributed by atoms with E-state index in [9.17, 15) is 4.39 Å². The molecule has 1 aromatic rings. The van der Waals surface area contributed by atoms with Crippen molar-refractivity contribution in [2.24, 2.45) is 0 Å². The van der Waals surface area contributed by atoms with Crippen LogP contribution >= 0.6 is 23.5 Å². The Morgan fingerprint density at radius 1 is 0.913 bits per heavy atom. The van der Waals surface area contributed by atoms with Gasteiger partial charge in [-0.3, -0.25) is 20.6 Å². The molecule has 3 rings (SSSR count). The highest BCUT2D eigenvalue weighted by atomic mass is 79.9. The average molecular weight is 486 g/mol. The van der Waals surface area contributed by atoms with Crippen molar-refractivity contribution in [3.8, 4) is 0 Å². The van der Waals surface area contributed by atoms with E-state index >= 15 is 0 Å². The summed E-state index contributed by atoms with van der Waals surface area (Å²) in [5.41, 5.74) is 1.52. The van der Waals surface area contributed by atoms with Gasteiger partial charge in [-0.05, 0) is 34.7 Å². The Hall–Kier alpha value is -0.250. The molecule has 0 radical (unpaired) electrons. The van der Waals surface area contributed by atoms with Gasteiger partial charge in [-0.25, -0.2) is 4.39 Å². The summed E-state index contributed by atoms with van der Waals surface area (Å²) >= 11 is 3.24. The van der Waals surface area contributed by atoms with E-state index in [0.717, 1.165) is 47.6 Å². The standard InChI is InChI=1S/C14H17FN4S2.2BrH/c15-12-10(8-20-13-16-4-5-17-13)2-1-3-11(12)9-21-14-18-6-7-19-14;;/h1-3H,4-9H2,(H,16,17)(H,18,19);2*1H. The summed E-state index contributed by atoms with van der Waals surface area (Å²) in [6.07, 6.45) is 0. The lowest BCUT2D eigenvalue weighted by molar-refractivity contribution is -0.441. The van der Waals surface area contributed by atoms with Gasteiger partial charge in [-0.2, -0.15) is 0 Å². The monoisotopic (exact) mass is 484 g/mol. The van der Waals surface area contributed by atoms with Crippen molar-refractivity contribution in [2.75, 3.05) is 26.2 Å². The molecule has 9 heteroatoms. The summed E-state index contributed by atoms with van der Waals surface area (Å²) in [5.74, 6) is 1.22. The van der Waals surface area contributed by atoms with Gasteiger partial charge in [0.1, 0.15) is 32.0 Å². The van der Waals surface area contributed by atoms with Crippen LogP contribution in [0.3, 0.4) is 0 Å². The molecule has 23 heavy (non-hydrogen) atoms. The van der Waals surface area contributed by atoms with E-state index in [0.29, 0.717) is 11.5 Å². The van der Waals surface area contributed by atoms with Gasteiger partial charge in [0.15, 0.2) is 0 Å². The number of benzene rings is 1. The first kappa shape index (κ1) is 20.8. The minimum atomic E-state index is -0.0744. The Labute approximate surface area is 165 Å². The minimum absolute atomic E-state index is 0. The van der Waals surface area contributed by atoms with E-state index < -0.39 is 0 Å². The summed E-state index contributed by atoms with van der Waals surface area (Å²) in [6, 6.07) is 5.67. The van der Waals surface area contributed by atoms with Crippen LogP contribution in [-0.4, -0.2) is 36.5 Å². The Bertz CT molecular complexity index is 538. The van der Waals surface area contributed by atoms with Crippen molar-refractivity contribution in [3.63, 3.8) is 0 Å². The third-order valence-corrected chi connectivity index (χ3v) is 5.36. The number of hydrogen-bond donors (Lipinski definition) is 4. The van der Waals surface area contributed by atoms with Crippen LogP contribution in [0.25, 0.3) is 0 Å². The van der Waals surface area contributed by atoms with Gasteiger partial charge in [0, 0.05) is 11.5 Å². The van der Waals surface area contributed by atoms with Crippen LogP contribution in [-0.2, 0) is 11.5 Å². The zero-order valence-electron chi connectivity index (χ0n) is 12.4. The molecule has 0 unspecified atom stereocenters. The van der Waals surface area contributed by atoms with Gasteiger partial charge in [-0.15, -0.1) is 0 Å². The Kier molecular flexibility index (Phi) is 9.57. The number of hydrogen-bond acceptors (Lipinski definition) is 4. The summed E-state index contributed by atoms with van der Waals surface area (Å²) in [6.45, 7) is 3.78. The van der Waals surface area contributed by atoms with E-state index in [2.05, 4.69) is 20.6 Å². The summed E-state index contributed by atoms with van der Waals surface area (Å²) < 4.78 is 14.5. The molecule has 0 fully saturated rings. The van der Waals surface area contributed by atoms with Gasteiger partial charge in [0.2, 0.25) is 0 Å². The van der Waals surface area contributed by atoms with Gasteiger partial charge >= 0.3 is 10.3 Å². The topological polar surface area (TPSA) is 52.0 Å². The lowest BCUT2D eigenvalue weighted by Crippen LogP contribution is -3.00. The molecule has 0 amide bonds. The van der Waals surface area contributed by atoms with Crippen molar-refractivity contribution in [1.82, 2.24) is 10.6 Å². The molecule has 0 aromatic heterocycles. The van der Waals surface area contributed by atoms with Crippen molar-refractivity contribution in [1.29, 1.82) is 0 Å². The van der Waals surface area contributed by atoms with Gasteiger partial charge < -0.3 is 34.0 Å². The molecule has 0 bridgehead atoms. The number of thioether (sulfide) groups is 2. The molecule has 2 heterocycles. The Balaban J connectivity index is 0.00000132. The van der Waals surface area contributed by atoms with Crippen LogP contribution in [0.15, 0.2) is 18.2 Å². The van der Waals surface area contributed by atoms with E-state index in [-0.39, 0.29) is 39.8 Å². The third-order valence-electron chi connectivity index (χ3n) is 3.29. The summed E-state index contributed by atoms with van der Waals surface area (Å²) in [7, 11) is 0. The van der Waals surface area contributed by atoms with Crippen molar-refractivity contribution in [3.05, 3.63) is 35.1 Å². The summed E-state index contributed by atoms with van der Waals surface area (Å²) in [5, 5.41) is 8.58. The number of rotatable bonds is 4. The normalized spacial score (nSPS) is 15.7. The van der Waals surface area contributed by atoms with Crippen LogP contribution in [0.2, 0.25) is 0 Å². The van der Waals surface area contributed by atoms with Crippen molar-refractivity contribution in [2.45, 2.75) is 11.5 Å². The third kappa shape index (κ3) is 5.95. The lowest BCUT2D eigenvalue weighted by Gasteiger charge is -2.06. The van der Waals surface area contributed by atoms with Crippen molar-refractivity contribution < 1.29 is 48.3 Å². The number of amidine groups is 2. The molecular weight excluding hydrogens is 467 g/mol.